The van der Waals surface area contributed by atoms with E-state index in [0.29, 0.717) is 51.2 Å². The number of phenolic OH excluding ortho intramolecular Hbond substituents is 1. The molecule has 1 aliphatic rings. The first-order valence-corrected chi connectivity index (χ1v) is 11.1. The standard InChI is InChI=1S/C28H27NO7/c1-31-21-9-6-17(7-10-21)26-18(16-29)15-28(36-26,19-8-11-23(32-2)22(30)12-19)20-13-24(33-3)27(35-5)25(14-20)34-4/h6-14,30H,15H2,1-5H3. The van der Waals surface area contributed by atoms with Crippen LogP contribution in [0.15, 0.2) is 60.2 Å². The molecular formula is C28H27NO7. The predicted octanol–water partition coefficient (Wildman–Crippen LogP) is 5.03. The minimum absolute atomic E-state index is 0.0539. The fourth-order valence-electron chi connectivity index (χ4n) is 4.41. The quantitative estimate of drug-likeness (QED) is 0.470. The molecule has 0 fully saturated rings. The molecule has 0 bridgehead atoms. The molecule has 0 radical (unpaired) electrons. The summed E-state index contributed by atoms with van der Waals surface area (Å²) < 4.78 is 33.9. The number of ether oxygens (including phenoxy) is 6. The fourth-order valence-corrected chi connectivity index (χ4v) is 4.41. The molecule has 8 nitrogen and oxygen atoms in total. The third kappa shape index (κ3) is 4.09. The van der Waals surface area contributed by atoms with Crippen molar-refractivity contribution in [3.63, 3.8) is 0 Å². The van der Waals surface area contributed by atoms with Crippen LogP contribution in [0.4, 0.5) is 0 Å². The van der Waals surface area contributed by atoms with E-state index >= 15 is 0 Å². The molecule has 36 heavy (non-hydrogen) atoms. The van der Waals surface area contributed by atoms with Crippen molar-refractivity contribution < 1.29 is 33.5 Å². The Bertz CT molecular complexity index is 1320. The van der Waals surface area contributed by atoms with Crippen molar-refractivity contribution in [3.8, 4) is 40.6 Å². The van der Waals surface area contributed by atoms with E-state index in [2.05, 4.69) is 6.07 Å². The first-order valence-electron chi connectivity index (χ1n) is 11.1. The molecule has 0 spiro atoms. The minimum Gasteiger partial charge on any atom is -0.504 e. The third-order valence-corrected chi connectivity index (χ3v) is 6.24. The number of methoxy groups -OCH3 is 5. The summed E-state index contributed by atoms with van der Waals surface area (Å²) in [6.45, 7) is 0. The summed E-state index contributed by atoms with van der Waals surface area (Å²) in [5, 5.41) is 20.7. The van der Waals surface area contributed by atoms with Crippen LogP contribution in [-0.2, 0) is 10.3 Å². The molecule has 0 amide bonds. The van der Waals surface area contributed by atoms with Crippen molar-refractivity contribution in [1.82, 2.24) is 0 Å². The zero-order valence-electron chi connectivity index (χ0n) is 20.7. The summed E-state index contributed by atoms with van der Waals surface area (Å²) in [7, 11) is 7.66. The van der Waals surface area contributed by atoms with Crippen molar-refractivity contribution in [1.29, 1.82) is 5.26 Å². The van der Waals surface area contributed by atoms with Crippen LogP contribution in [0.1, 0.15) is 23.1 Å². The van der Waals surface area contributed by atoms with E-state index in [0.717, 1.165) is 5.56 Å². The maximum Gasteiger partial charge on any atom is 0.203 e. The zero-order valence-corrected chi connectivity index (χ0v) is 20.7. The van der Waals surface area contributed by atoms with Crippen LogP contribution in [0.5, 0.6) is 34.5 Å². The molecule has 1 aliphatic heterocycles. The number of hydrogen-bond donors (Lipinski definition) is 1. The average Bonchev–Trinajstić information content (AvgIpc) is 3.33. The average molecular weight is 490 g/mol. The monoisotopic (exact) mass is 489 g/mol. The van der Waals surface area contributed by atoms with Gasteiger partial charge in [0, 0.05) is 23.1 Å². The first-order chi connectivity index (χ1) is 17.4. The molecule has 0 saturated heterocycles. The number of phenols is 1. The maximum atomic E-state index is 10.6. The number of rotatable bonds is 8. The summed E-state index contributed by atoms with van der Waals surface area (Å²) in [6.07, 6.45) is 0.204. The van der Waals surface area contributed by atoms with Crippen molar-refractivity contribution in [2.24, 2.45) is 0 Å². The molecule has 1 atom stereocenters. The van der Waals surface area contributed by atoms with E-state index in [9.17, 15) is 10.4 Å². The summed E-state index contributed by atoms with van der Waals surface area (Å²) in [5.74, 6) is 2.68. The summed E-state index contributed by atoms with van der Waals surface area (Å²) in [5.41, 5.74) is 1.25. The Kier molecular flexibility index (Phi) is 6.84. The number of benzene rings is 3. The normalized spacial score (nSPS) is 16.7. The van der Waals surface area contributed by atoms with Gasteiger partial charge in [-0.3, -0.25) is 0 Å². The highest BCUT2D eigenvalue weighted by Gasteiger charge is 2.46. The predicted molar refractivity (Wildman–Crippen MR) is 133 cm³/mol. The number of hydrogen-bond acceptors (Lipinski definition) is 8. The second-order valence-corrected chi connectivity index (χ2v) is 8.05. The van der Waals surface area contributed by atoms with Gasteiger partial charge in [0.25, 0.3) is 0 Å². The molecule has 0 aliphatic carbocycles. The Morgan fingerprint density at radius 1 is 0.778 bits per heavy atom. The van der Waals surface area contributed by atoms with E-state index in [-0.39, 0.29) is 12.2 Å². The summed E-state index contributed by atoms with van der Waals surface area (Å²) >= 11 is 0. The molecule has 0 saturated carbocycles. The van der Waals surface area contributed by atoms with Gasteiger partial charge in [-0.2, -0.15) is 5.26 Å². The SMILES string of the molecule is COc1ccc(C2=C(C#N)CC(c3ccc(OC)c(O)c3)(c3cc(OC)c(OC)c(OC)c3)O2)cc1. The van der Waals surface area contributed by atoms with Gasteiger partial charge in [-0.1, -0.05) is 6.07 Å². The van der Waals surface area contributed by atoms with E-state index in [1.807, 2.05) is 12.1 Å². The van der Waals surface area contributed by atoms with Gasteiger partial charge in [-0.25, -0.2) is 0 Å². The van der Waals surface area contributed by atoms with Gasteiger partial charge >= 0.3 is 0 Å². The Morgan fingerprint density at radius 3 is 1.92 bits per heavy atom. The molecule has 1 N–H and O–H groups in total. The lowest BCUT2D eigenvalue weighted by molar-refractivity contribution is 0.0995. The van der Waals surface area contributed by atoms with Crippen molar-refractivity contribution in [2.45, 2.75) is 12.0 Å². The molecule has 186 valence electrons. The van der Waals surface area contributed by atoms with E-state index < -0.39 is 5.60 Å². The van der Waals surface area contributed by atoms with E-state index in [1.165, 1.54) is 28.4 Å². The van der Waals surface area contributed by atoms with Crippen LogP contribution in [-0.4, -0.2) is 40.7 Å². The van der Waals surface area contributed by atoms with Gasteiger partial charge in [0.05, 0.1) is 47.2 Å². The van der Waals surface area contributed by atoms with E-state index in [1.54, 1.807) is 49.6 Å². The van der Waals surface area contributed by atoms with Crippen molar-refractivity contribution >= 4 is 5.76 Å². The van der Waals surface area contributed by atoms with Gasteiger partial charge < -0.3 is 33.5 Å². The lowest BCUT2D eigenvalue weighted by Gasteiger charge is -2.32. The smallest absolute Gasteiger partial charge is 0.203 e. The Hall–Kier alpha value is -4.51. The molecule has 3 aromatic rings. The molecule has 1 unspecified atom stereocenters. The highest BCUT2D eigenvalue weighted by molar-refractivity contribution is 5.72. The first kappa shape index (κ1) is 24.6. The van der Waals surface area contributed by atoms with Gasteiger partial charge in [-0.15, -0.1) is 0 Å². The number of nitrogens with zero attached hydrogens (tertiary/aromatic N) is 1. The molecular weight excluding hydrogens is 462 g/mol. The molecule has 3 aromatic carbocycles. The third-order valence-electron chi connectivity index (χ3n) is 6.24. The topological polar surface area (TPSA) is 99.4 Å². The zero-order chi connectivity index (χ0) is 25.9. The number of aromatic hydroxyl groups is 1. The van der Waals surface area contributed by atoms with Crippen LogP contribution in [0.3, 0.4) is 0 Å². The highest BCUT2D eigenvalue weighted by Crippen LogP contribution is 2.53. The van der Waals surface area contributed by atoms with Crippen LogP contribution in [0.25, 0.3) is 5.76 Å². The van der Waals surface area contributed by atoms with Crippen LogP contribution >= 0.6 is 0 Å². The second-order valence-electron chi connectivity index (χ2n) is 8.05. The van der Waals surface area contributed by atoms with Gasteiger partial charge in [-0.05, 0) is 48.5 Å². The lowest BCUT2D eigenvalue weighted by atomic mass is 9.82. The molecule has 4 rings (SSSR count). The fraction of sp³-hybridized carbons (Fsp3) is 0.250. The second kappa shape index (κ2) is 10.0. The maximum absolute atomic E-state index is 10.6. The Balaban J connectivity index is 1.94. The van der Waals surface area contributed by atoms with Gasteiger partial charge in [0.15, 0.2) is 28.6 Å². The van der Waals surface area contributed by atoms with Crippen molar-refractivity contribution in [2.75, 3.05) is 35.5 Å². The van der Waals surface area contributed by atoms with Gasteiger partial charge in [0.2, 0.25) is 5.75 Å². The van der Waals surface area contributed by atoms with Crippen molar-refractivity contribution in [3.05, 3.63) is 76.9 Å². The van der Waals surface area contributed by atoms with Crippen LogP contribution < -0.4 is 23.7 Å². The molecule has 0 aromatic heterocycles. The highest BCUT2D eigenvalue weighted by atomic mass is 16.5. The molecule has 1 heterocycles. The van der Waals surface area contributed by atoms with Crippen LogP contribution in [0, 0.1) is 11.3 Å². The minimum atomic E-state index is -1.18. The largest absolute Gasteiger partial charge is 0.504 e. The van der Waals surface area contributed by atoms with E-state index in [4.69, 9.17) is 28.4 Å². The summed E-state index contributed by atoms with van der Waals surface area (Å²) in [6, 6.07) is 18.2. The Morgan fingerprint density at radius 2 is 1.42 bits per heavy atom. The van der Waals surface area contributed by atoms with Crippen LogP contribution in [0.2, 0.25) is 0 Å². The Labute approximate surface area is 209 Å². The molecule has 8 heteroatoms. The number of nitriles is 1. The summed E-state index contributed by atoms with van der Waals surface area (Å²) in [4.78, 5) is 0. The van der Waals surface area contributed by atoms with Gasteiger partial charge in [0.1, 0.15) is 11.5 Å². The lowest BCUT2D eigenvalue weighted by Crippen LogP contribution is -2.27.